The number of allylic oxidation sites excluding steroid dienone is 2. The summed E-state index contributed by atoms with van der Waals surface area (Å²) in [6, 6.07) is 13.1. The summed E-state index contributed by atoms with van der Waals surface area (Å²) in [5.41, 5.74) is 5.07. The maximum absolute atomic E-state index is 13.7. The number of carbonyl (C=O) groups is 1. The number of nitrogens with zero attached hydrogens (tertiary/aromatic N) is 1. The van der Waals surface area contributed by atoms with Crippen LogP contribution < -0.4 is 14.8 Å². The Hall–Kier alpha value is -3.74. The van der Waals surface area contributed by atoms with Gasteiger partial charge in [-0.05, 0) is 49.9 Å². The number of aromatic hydroxyl groups is 1. The SMILES string of the molecule is CCOc1ccccc1[C@@H]1C2=C(C[C@@H](c3ccc(O)c(OC)c3)CC2=O)Nc2onc(C)c21. The quantitative estimate of drug-likeness (QED) is 0.566. The Morgan fingerprint density at radius 3 is 2.79 bits per heavy atom. The normalized spacial score (nSPS) is 19.5. The molecule has 2 aliphatic rings. The number of phenols is 1. The molecule has 0 fully saturated rings. The second-order valence-corrected chi connectivity index (χ2v) is 8.39. The largest absolute Gasteiger partial charge is 0.504 e. The van der Waals surface area contributed by atoms with Crippen LogP contribution in [-0.4, -0.2) is 29.8 Å². The van der Waals surface area contributed by atoms with Crippen LogP contribution in [0.15, 0.2) is 58.3 Å². The predicted octanol–water partition coefficient (Wildman–Crippen LogP) is 5.05. The van der Waals surface area contributed by atoms with E-state index < -0.39 is 0 Å². The molecule has 3 aromatic rings. The van der Waals surface area contributed by atoms with Crippen molar-refractivity contribution in [2.75, 3.05) is 19.0 Å². The first-order valence-electron chi connectivity index (χ1n) is 11.1. The van der Waals surface area contributed by atoms with Gasteiger partial charge in [0.15, 0.2) is 17.3 Å². The molecule has 0 amide bonds. The summed E-state index contributed by atoms with van der Waals surface area (Å²) in [4.78, 5) is 13.7. The highest BCUT2D eigenvalue weighted by atomic mass is 16.5. The number of Topliss-reactive ketones (excluding diaryl/α,β-unsaturated/α-hetero) is 1. The molecule has 2 atom stereocenters. The number of aryl methyl sites for hydroxylation is 1. The lowest BCUT2D eigenvalue weighted by molar-refractivity contribution is -0.116. The minimum atomic E-state index is -0.312. The van der Waals surface area contributed by atoms with Gasteiger partial charge in [-0.25, -0.2) is 0 Å². The summed E-state index contributed by atoms with van der Waals surface area (Å²) < 4.78 is 16.8. The summed E-state index contributed by atoms with van der Waals surface area (Å²) in [5.74, 6) is 1.51. The fraction of sp³-hybridized carbons (Fsp3) is 0.308. The lowest BCUT2D eigenvalue weighted by Gasteiger charge is -2.35. The summed E-state index contributed by atoms with van der Waals surface area (Å²) in [7, 11) is 1.52. The van der Waals surface area contributed by atoms with Crippen LogP contribution in [0.25, 0.3) is 0 Å². The zero-order valence-electron chi connectivity index (χ0n) is 18.8. The van der Waals surface area contributed by atoms with Crippen LogP contribution in [-0.2, 0) is 4.79 Å². The van der Waals surface area contributed by atoms with Crippen molar-refractivity contribution >= 4 is 11.7 Å². The number of hydrogen-bond acceptors (Lipinski definition) is 7. The molecule has 5 rings (SSSR count). The maximum Gasteiger partial charge on any atom is 0.233 e. The van der Waals surface area contributed by atoms with Gasteiger partial charge in [-0.1, -0.05) is 29.4 Å². The number of phenolic OH excluding ortho intramolecular Hbond substituents is 1. The Labute approximate surface area is 192 Å². The summed E-state index contributed by atoms with van der Waals surface area (Å²) in [6.07, 6.45) is 0.989. The minimum Gasteiger partial charge on any atom is -0.504 e. The molecule has 0 bridgehead atoms. The Morgan fingerprint density at radius 2 is 2.00 bits per heavy atom. The molecule has 0 radical (unpaired) electrons. The molecule has 7 heteroatoms. The Morgan fingerprint density at radius 1 is 1.18 bits per heavy atom. The van der Waals surface area contributed by atoms with E-state index in [0.29, 0.717) is 31.1 Å². The third-order valence-corrected chi connectivity index (χ3v) is 6.46. The van der Waals surface area contributed by atoms with Crippen molar-refractivity contribution in [3.05, 3.63) is 76.1 Å². The molecule has 2 N–H and O–H groups in total. The van der Waals surface area contributed by atoms with Gasteiger partial charge in [0.25, 0.3) is 0 Å². The number of anilines is 1. The van der Waals surface area contributed by atoms with E-state index in [0.717, 1.165) is 39.4 Å². The molecular formula is C26H26N2O5. The number of carbonyl (C=O) groups excluding carboxylic acids is 1. The van der Waals surface area contributed by atoms with Crippen molar-refractivity contribution < 1.29 is 23.9 Å². The van der Waals surface area contributed by atoms with E-state index in [4.69, 9.17) is 14.0 Å². The van der Waals surface area contributed by atoms with Crippen molar-refractivity contribution in [1.82, 2.24) is 5.16 Å². The lowest BCUT2D eigenvalue weighted by Crippen LogP contribution is -2.29. The van der Waals surface area contributed by atoms with E-state index in [1.54, 1.807) is 12.1 Å². The molecular weight excluding hydrogens is 420 g/mol. The highest BCUT2D eigenvalue weighted by Crippen LogP contribution is 2.51. The van der Waals surface area contributed by atoms with Crippen LogP contribution in [0.3, 0.4) is 0 Å². The lowest BCUT2D eigenvalue weighted by atomic mass is 9.72. The van der Waals surface area contributed by atoms with Gasteiger partial charge in [0, 0.05) is 23.3 Å². The zero-order valence-corrected chi connectivity index (χ0v) is 18.8. The molecule has 0 spiro atoms. The number of hydrogen-bond donors (Lipinski definition) is 2. The van der Waals surface area contributed by atoms with E-state index in [1.807, 2.05) is 44.2 Å². The fourth-order valence-corrected chi connectivity index (χ4v) is 4.97. The van der Waals surface area contributed by atoms with E-state index in [1.165, 1.54) is 7.11 Å². The van der Waals surface area contributed by atoms with E-state index in [9.17, 15) is 9.90 Å². The van der Waals surface area contributed by atoms with Crippen molar-refractivity contribution in [1.29, 1.82) is 0 Å². The third-order valence-electron chi connectivity index (χ3n) is 6.46. The number of benzene rings is 2. The number of ether oxygens (including phenoxy) is 2. The molecule has 1 aliphatic carbocycles. The first kappa shape index (κ1) is 21.1. The Bertz CT molecular complexity index is 1260. The second kappa shape index (κ2) is 8.31. The zero-order chi connectivity index (χ0) is 23.1. The van der Waals surface area contributed by atoms with Gasteiger partial charge in [0.2, 0.25) is 5.88 Å². The number of rotatable bonds is 5. The smallest absolute Gasteiger partial charge is 0.233 e. The van der Waals surface area contributed by atoms with Gasteiger partial charge in [-0.15, -0.1) is 0 Å². The molecule has 170 valence electrons. The first-order valence-corrected chi connectivity index (χ1v) is 11.1. The van der Waals surface area contributed by atoms with Gasteiger partial charge in [-0.3, -0.25) is 4.79 Å². The van der Waals surface area contributed by atoms with E-state index in [-0.39, 0.29) is 23.4 Å². The van der Waals surface area contributed by atoms with Crippen LogP contribution >= 0.6 is 0 Å². The molecule has 0 saturated heterocycles. The van der Waals surface area contributed by atoms with Crippen molar-refractivity contribution in [3.63, 3.8) is 0 Å². The number of methoxy groups -OCH3 is 1. The van der Waals surface area contributed by atoms with E-state index >= 15 is 0 Å². The molecule has 1 aliphatic heterocycles. The number of nitrogens with one attached hydrogen (secondary N) is 1. The number of aromatic nitrogens is 1. The highest BCUT2D eigenvalue weighted by Gasteiger charge is 2.42. The average molecular weight is 447 g/mol. The minimum absolute atomic E-state index is 0.0494. The van der Waals surface area contributed by atoms with Crippen molar-refractivity contribution in [2.24, 2.45) is 0 Å². The molecule has 7 nitrogen and oxygen atoms in total. The van der Waals surface area contributed by atoms with Gasteiger partial charge in [-0.2, -0.15) is 0 Å². The Kier molecular flexibility index (Phi) is 5.32. The second-order valence-electron chi connectivity index (χ2n) is 8.39. The first-order chi connectivity index (χ1) is 16.0. The molecule has 33 heavy (non-hydrogen) atoms. The summed E-state index contributed by atoms with van der Waals surface area (Å²) >= 11 is 0. The number of ketones is 1. The van der Waals surface area contributed by atoms with Crippen LogP contribution in [0.5, 0.6) is 17.2 Å². The molecule has 1 aromatic heterocycles. The summed E-state index contributed by atoms with van der Waals surface area (Å²) in [5, 5.41) is 17.5. The van der Waals surface area contributed by atoms with E-state index in [2.05, 4.69) is 10.5 Å². The van der Waals surface area contributed by atoms with Crippen LogP contribution in [0.4, 0.5) is 5.88 Å². The average Bonchev–Trinajstić information content (AvgIpc) is 3.19. The van der Waals surface area contributed by atoms with Crippen LogP contribution in [0, 0.1) is 6.92 Å². The predicted molar refractivity (Wildman–Crippen MR) is 123 cm³/mol. The van der Waals surface area contributed by atoms with Crippen molar-refractivity contribution in [2.45, 2.75) is 38.5 Å². The standard InChI is InChI=1S/C26H26N2O5/c1-4-32-21-8-6-5-7-17(21)24-23-14(2)28-33-26(23)27-18-11-16(12-20(30)25(18)24)15-9-10-19(29)22(13-15)31-3/h5-10,13,16,24,27,29H,4,11-12H2,1-3H3/t16-,24+/m1/s1. The molecule has 0 unspecified atom stereocenters. The van der Waals surface area contributed by atoms with Crippen LogP contribution in [0.1, 0.15) is 54.0 Å². The number of fused-ring (bicyclic) bond motifs is 1. The molecule has 0 saturated carbocycles. The highest BCUT2D eigenvalue weighted by molar-refractivity contribution is 6.01. The maximum atomic E-state index is 13.7. The summed E-state index contributed by atoms with van der Waals surface area (Å²) in [6.45, 7) is 4.37. The van der Waals surface area contributed by atoms with Crippen molar-refractivity contribution in [3.8, 4) is 17.2 Å². The van der Waals surface area contributed by atoms with Gasteiger partial charge < -0.3 is 24.4 Å². The monoisotopic (exact) mass is 446 g/mol. The van der Waals surface area contributed by atoms with Gasteiger partial charge in [0.05, 0.1) is 30.9 Å². The third kappa shape index (κ3) is 3.53. The Balaban J connectivity index is 1.61. The fourth-order valence-electron chi connectivity index (χ4n) is 4.97. The molecule has 2 aromatic carbocycles. The van der Waals surface area contributed by atoms with Crippen LogP contribution in [0.2, 0.25) is 0 Å². The number of para-hydroxylation sites is 1. The van der Waals surface area contributed by atoms with Gasteiger partial charge in [0.1, 0.15) is 5.75 Å². The topological polar surface area (TPSA) is 93.8 Å². The van der Waals surface area contributed by atoms with Gasteiger partial charge >= 0.3 is 0 Å². The molecule has 2 heterocycles.